The molecule has 8 nitrogen and oxygen atoms in total. The lowest BCUT2D eigenvalue weighted by Crippen LogP contribution is -2.03. The van der Waals surface area contributed by atoms with Gasteiger partial charge in [-0.1, -0.05) is 64.7 Å². The molecule has 0 aliphatic carbocycles. The van der Waals surface area contributed by atoms with Crippen LogP contribution in [0.1, 0.15) is 71.1 Å². The quantitative estimate of drug-likeness (QED) is 0.214. The standard InChI is InChI=1S/C16H28O4.C4H4O4/c1-2-3-4-5-6-7-8-9-10-11-14-20-16(19)13-12-15(17)18;5-3(6)1-2-4(7)8/h12-13H,2-11,14H2,1H3,(H,17,18);1-2H,(H,5,6)(H,7,8)/b13-12-;2-1-. The van der Waals surface area contributed by atoms with E-state index in [1.165, 1.54) is 51.4 Å². The number of carbonyl (C=O) groups is 4. The fourth-order valence-corrected chi connectivity index (χ4v) is 2.09. The van der Waals surface area contributed by atoms with Crippen LogP contribution in [-0.4, -0.2) is 45.8 Å². The average molecular weight is 400 g/mol. The average Bonchev–Trinajstić information content (AvgIpc) is 2.63. The first-order valence-corrected chi connectivity index (χ1v) is 9.51. The monoisotopic (exact) mass is 400 g/mol. The lowest BCUT2D eigenvalue weighted by atomic mass is 10.1. The van der Waals surface area contributed by atoms with Crippen molar-refractivity contribution in [3.05, 3.63) is 24.3 Å². The summed E-state index contributed by atoms with van der Waals surface area (Å²) >= 11 is 0. The van der Waals surface area contributed by atoms with Crippen molar-refractivity contribution in [3.63, 3.8) is 0 Å². The first-order chi connectivity index (χ1) is 13.3. The first-order valence-electron chi connectivity index (χ1n) is 9.51. The Bertz CT molecular complexity index is 492. The number of hydrogen-bond acceptors (Lipinski definition) is 5. The van der Waals surface area contributed by atoms with Gasteiger partial charge in [-0.2, -0.15) is 0 Å². The molecule has 0 unspecified atom stereocenters. The normalized spacial score (nSPS) is 10.5. The van der Waals surface area contributed by atoms with E-state index in [2.05, 4.69) is 6.92 Å². The Morgan fingerprint density at radius 2 is 0.964 bits per heavy atom. The van der Waals surface area contributed by atoms with E-state index in [-0.39, 0.29) is 0 Å². The Kier molecular flexibility index (Phi) is 20.4. The van der Waals surface area contributed by atoms with E-state index >= 15 is 0 Å². The third-order valence-corrected chi connectivity index (χ3v) is 3.47. The van der Waals surface area contributed by atoms with Crippen LogP contribution in [0.25, 0.3) is 0 Å². The summed E-state index contributed by atoms with van der Waals surface area (Å²) in [5, 5.41) is 24.0. The van der Waals surface area contributed by atoms with Crippen molar-refractivity contribution in [1.29, 1.82) is 0 Å². The first kappa shape index (κ1) is 27.6. The summed E-state index contributed by atoms with van der Waals surface area (Å²) in [6, 6.07) is 0. The molecule has 0 aliphatic heterocycles. The molecule has 0 spiro atoms. The number of carboxylic acid groups (broad SMARTS) is 3. The van der Waals surface area contributed by atoms with Gasteiger partial charge in [-0.3, -0.25) is 0 Å². The van der Waals surface area contributed by atoms with Crippen LogP contribution in [0.5, 0.6) is 0 Å². The highest BCUT2D eigenvalue weighted by Crippen LogP contribution is 2.10. The summed E-state index contributed by atoms with van der Waals surface area (Å²) in [5.41, 5.74) is 0. The smallest absolute Gasteiger partial charge is 0.331 e. The Balaban J connectivity index is 0. The van der Waals surface area contributed by atoms with Gasteiger partial charge in [-0.15, -0.1) is 0 Å². The highest BCUT2D eigenvalue weighted by atomic mass is 16.5. The molecule has 0 fully saturated rings. The summed E-state index contributed by atoms with van der Waals surface area (Å²) < 4.78 is 4.88. The molecule has 0 heterocycles. The maximum Gasteiger partial charge on any atom is 0.331 e. The molecule has 0 radical (unpaired) electrons. The number of rotatable bonds is 15. The van der Waals surface area contributed by atoms with Gasteiger partial charge < -0.3 is 20.1 Å². The minimum Gasteiger partial charge on any atom is -0.478 e. The predicted molar refractivity (Wildman–Crippen MR) is 104 cm³/mol. The lowest BCUT2D eigenvalue weighted by Gasteiger charge is -2.03. The second-order valence-electron chi connectivity index (χ2n) is 6.03. The van der Waals surface area contributed by atoms with Crippen LogP contribution in [0.15, 0.2) is 24.3 Å². The van der Waals surface area contributed by atoms with Crippen LogP contribution >= 0.6 is 0 Å². The van der Waals surface area contributed by atoms with Crippen LogP contribution in [0.3, 0.4) is 0 Å². The molecule has 0 saturated heterocycles. The van der Waals surface area contributed by atoms with Gasteiger partial charge >= 0.3 is 23.9 Å². The van der Waals surface area contributed by atoms with E-state index < -0.39 is 23.9 Å². The largest absolute Gasteiger partial charge is 0.478 e. The van der Waals surface area contributed by atoms with Crippen molar-refractivity contribution < 1.29 is 39.2 Å². The SMILES string of the molecule is CCCCCCCCCCCCOC(=O)/C=C\C(=O)O.O=C(O)/C=C\C(=O)O. The van der Waals surface area contributed by atoms with Gasteiger partial charge in [0.15, 0.2) is 0 Å². The zero-order chi connectivity index (χ0) is 21.6. The maximum atomic E-state index is 11.0. The minimum atomic E-state index is -1.26. The molecule has 0 aliphatic rings. The van der Waals surface area contributed by atoms with Crippen molar-refractivity contribution >= 4 is 23.9 Å². The molecule has 0 aromatic rings. The third kappa shape index (κ3) is 28.2. The van der Waals surface area contributed by atoms with Crippen LogP contribution < -0.4 is 0 Å². The van der Waals surface area contributed by atoms with E-state index in [9.17, 15) is 19.2 Å². The van der Waals surface area contributed by atoms with E-state index in [0.29, 0.717) is 18.8 Å². The fourth-order valence-electron chi connectivity index (χ4n) is 2.09. The van der Waals surface area contributed by atoms with Gasteiger partial charge in [0.05, 0.1) is 6.61 Å². The molecular weight excluding hydrogens is 368 g/mol. The van der Waals surface area contributed by atoms with Gasteiger partial charge in [-0.25, -0.2) is 19.2 Å². The van der Waals surface area contributed by atoms with Crippen molar-refractivity contribution in [2.24, 2.45) is 0 Å². The Labute approximate surface area is 165 Å². The molecule has 0 bridgehead atoms. The molecular formula is C20H32O8. The highest BCUT2D eigenvalue weighted by molar-refractivity contribution is 5.90. The summed E-state index contributed by atoms with van der Waals surface area (Å²) in [4.78, 5) is 40.3. The second-order valence-corrected chi connectivity index (χ2v) is 6.03. The topological polar surface area (TPSA) is 138 Å². The molecule has 0 aromatic heterocycles. The number of unbranched alkanes of at least 4 members (excludes halogenated alkanes) is 9. The van der Waals surface area contributed by atoms with Crippen LogP contribution in [0, 0.1) is 0 Å². The molecule has 160 valence electrons. The Hall–Kier alpha value is -2.64. The van der Waals surface area contributed by atoms with Gasteiger partial charge in [0, 0.05) is 24.3 Å². The minimum absolute atomic E-state index is 0.374. The zero-order valence-corrected chi connectivity index (χ0v) is 16.5. The molecule has 0 amide bonds. The van der Waals surface area contributed by atoms with Gasteiger partial charge in [0.1, 0.15) is 0 Å². The highest BCUT2D eigenvalue weighted by Gasteiger charge is 1.98. The van der Waals surface area contributed by atoms with Gasteiger partial charge in [-0.05, 0) is 6.42 Å². The number of carbonyl (C=O) groups excluding carboxylic acids is 1. The van der Waals surface area contributed by atoms with Crippen LogP contribution in [0.4, 0.5) is 0 Å². The Morgan fingerprint density at radius 1 is 0.607 bits per heavy atom. The van der Waals surface area contributed by atoms with Crippen molar-refractivity contribution in [1.82, 2.24) is 0 Å². The Morgan fingerprint density at radius 3 is 1.36 bits per heavy atom. The number of carboxylic acids is 3. The third-order valence-electron chi connectivity index (χ3n) is 3.47. The number of esters is 1. The molecule has 0 rings (SSSR count). The van der Waals surface area contributed by atoms with Gasteiger partial charge in [0.25, 0.3) is 0 Å². The predicted octanol–water partition coefficient (Wildman–Crippen LogP) is 3.80. The van der Waals surface area contributed by atoms with Crippen molar-refractivity contribution in [3.8, 4) is 0 Å². The summed E-state index contributed by atoms with van der Waals surface area (Å²) in [6.07, 6.45) is 15.2. The lowest BCUT2D eigenvalue weighted by molar-refractivity contribution is -0.138. The number of hydrogen-bond donors (Lipinski definition) is 3. The zero-order valence-electron chi connectivity index (χ0n) is 16.5. The van der Waals surface area contributed by atoms with E-state index in [1.54, 1.807) is 0 Å². The fraction of sp³-hybridized carbons (Fsp3) is 0.600. The molecule has 8 heteroatoms. The molecule has 0 saturated carbocycles. The summed E-state index contributed by atoms with van der Waals surface area (Å²) in [5.74, 6) is -4.23. The molecule has 28 heavy (non-hydrogen) atoms. The van der Waals surface area contributed by atoms with Crippen LogP contribution in [-0.2, 0) is 23.9 Å². The molecule has 0 atom stereocenters. The van der Waals surface area contributed by atoms with Crippen molar-refractivity contribution in [2.45, 2.75) is 71.1 Å². The number of aliphatic carboxylic acids is 3. The molecule has 3 N–H and O–H groups in total. The van der Waals surface area contributed by atoms with Crippen LogP contribution in [0.2, 0.25) is 0 Å². The second kappa shape index (κ2) is 20.7. The van der Waals surface area contributed by atoms with Gasteiger partial charge in [0.2, 0.25) is 0 Å². The van der Waals surface area contributed by atoms with Crippen molar-refractivity contribution in [2.75, 3.05) is 6.61 Å². The molecule has 0 aromatic carbocycles. The van der Waals surface area contributed by atoms with E-state index in [0.717, 1.165) is 25.0 Å². The number of ether oxygens (including phenoxy) is 1. The van der Waals surface area contributed by atoms with E-state index in [1.807, 2.05) is 0 Å². The maximum absolute atomic E-state index is 11.0. The summed E-state index contributed by atoms with van der Waals surface area (Å²) in [6.45, 7) is 2.60. The van der Waals surface area contributed by atoms with E-state index in [4.69, 9.17) is 20.1 Å². The summed E-state index contributed by atoms with van der Waals surface area (Å²) in [7, 11) is 0.